The van der Waals surface area contributed by atoms with Crippen LogP contribution >= 0.6 is 0 Å². The van der Waals surface area contributed by atoms with E-state index in [1.54, 1.807) is 12.1 Å². The second kappa shape index (κ2) is 7.37. The highest BCUT2D eigenvalue weighted by Crippen LogP contribution is 2.13. The third kappa shape index (κ3) is 4.42. The van der Waals surface area contributed by atoms with E-state index in [9.17, 15) is 4.39 Å². The van der Waals surface area contributed by atoms with Crippen molar-refractivity contribution in [2.45, 2.75) is 26.4 Å². The first-order valence-corrected chi connectivity index (χ1v) is 6.01. The van der Waals surface area contributed by atoms with Gasteiger partial charge in [-0.1, -0.05) is 19.1 Å². The van der Waals surface area contributed by atoms with Gasteiger partial charge in [0.05, 0.1) is 6.61 Å². The Balaban J connectivity index is 2.76. The summed E-state index contributed by atoms with van der Waals surface area (Å²) in [7, 11) is 0. The van der Waals surface area contributed by atoms with Gasteiger partial charge in [-0.2, -0.15) is 0 Å². The lowest BCUT2D eigenvalue weighted by Crippen LogP contribution is -2.27. The summed E-state index contributed by atoms with van der Waals surface area (Å²) in [5.74, 6) is -0.207. The highest BCUT2D eigenvalue weighted by atomic mass is 19.1. The minimum absolute atomic E-state index is 0.0954. The molecule has 4 heteroatoms. The molecule has 1 rings (SSSR count). The van der Waals surface area contributed by atoms with Crippen LogP contribution < -0.4 is 5.73 Å². The maximum Gasteiger partial charge on any atom is 0.127 e. The first kappa shape index (κ1) is 14.1. The fourth-order valence-electron chi connectivity index (χ4n) is 1.84. The van der Waals surface area contributed by atoms with Gasteiger partial charge in [0.25, 0.3) is 0 Å². The van der Waals surface area contributed by atoms with Crippen molar-refractivity contribution in [1.82, 2.24) is 4.90 Å². The van der Waals surface area contributed by atoms with E-state index >= 15 is 0 Å². The van der Waals surface area contributed by atoms with E-state index in [2.05, 4.69) is 6.92 Å². The van der Waals surface area contributed by atoms with Crippen LogP contribution in [0.5, 0.6) is 0 Å². The van der Waals surface area contributed by atoms with Gasteiger partial charge in [0.2, 0.25) is 0 Å². The smallest absolute Gasteiger partial charge is 0.127 e. The fraction of sp³-hybridized carbons (Fsp3) is 0.538. The molecule has 96 valence electrons. The van der Waals surface area contributed by atoms with Crippen LogP contribution in [-0.4, -0.2) is 29.7 Å². The quantitative estimate of drug-likeness (QED) is 0.759. The van der Waals surface area contributed by atoms with Crippen LogP contribution in [0.15, 0.2) is 18.2 Å². The first-order valence-electron chi connectivity index (χ1n) is 6.01. The zero-order valence-electron chi connectivity index (χ0n) is 10.3. The second-order valence-corrected chi connectivity index (χ2v) is 4.13. The number of rotatable bonds is 7. The van der Waals surface area contributed by atoms with Gasteiger partial charge in [0, 0.05) is 25.2 Å². The molecule has 0 amide bonds. The summed E-state index contributed by atoms with van der Waals surface area (Å²) < 4.78 is 13.6. The van der Waals surface area contributed by atoms with E-state index in [0.29, 0.717) is 25.2 Å². The van der Waals surface area contributed by atoms with Crippen LogP contribution in [0.2, 0.25) is 0 Å². The predicted molar refractivity (Wildman–Crippen MR) is 66.9 cm³/mol. The highest BCUT2D eigenvalue weighted by Gasteiger charge is 2.09. The molecular weight excluding hydrogens is 219 g/mol. The van der Waals surface area contributed by atoms with Crippen LogP contribution in [0.3, 0.4) is 0 Å². The molecule has 0 heterocycles. The monoisotopic (exact) mass is 240 g/mol. The maximum absolute atomic E-state index is 13.6. The summed E-state index contributed by atoms with van der Waals surface area (Å²) in [4.78, 5) is 2.04. The number of hydrogen-bond donors (Lipinski definition) is 2. The summed E-state index contributed by atoms with van der Waals surface area (Å²) in [6.07, 6.45) is 0.984. The Bertz CT molecular complexity index is 338. The molecule has 0 radical (unpaired) electrons. The van der Waals surface area contributed by atoms with E-state index in [-0.39, 0.29) is 12.4 Å². The number of hydrogen-bond acceptors (Lipinski definition) is 3. The van der Waals surface area contributed by atoms with E-state index in [4.69, 9.17) is 10.8 Å². The van der Waals surface area contributed by atoms with Crippen LogP contribution in [-0.2, 0) is 13.1 Å². The minimum Gasteiger partial charge on any atom is -0.395 e. The molecule has 0 aromatic heterocycles. The molecule has 0 aliphatic carbocycles. The Kier molecular flexibility index (Phi) is 6.11. The number of aliphatic hydroxyl groups excluding tert-OH is 1. The molecule has 0 fully saturated rings. The first-order chi connectivity index (χ1) is 8.21. The topological polar surface area (TPSA) is 49.5 Å². The van der Waals surface area contributed by atoms with Gasteiger partial charge < -0.3 is 10.8 Å². The van der Waals surface area contributed by atoms with Gasteiger partial charge in [-0.05, 0) is 24.6 Å². The Morgan fingerprint density at radius 3 is 2.71 bits per heavy atom. The van der Waals surface area contributed by atoms with Gasteiger partial charge in [-0.15, -0.1) is 0 Å². The summed E-state index contributed by atoms with van der Waals surface area (Å²) in [5, 5.41) is 8.96. The van der Waals surface area contributed by atoms with Gasteiger partial charge in [-0.25, -0.2) is 4.39 Å². The van der Waals surface area contributed by atoms with E-state index in [0.717, 1.165) is 18.5 Å². The molecule has 0 unspecified atom stereocenters. The molecule has 1 aromatic rings. The number of benzene rings is 1. The van der Waals surface area contributed by atoms with E-state index < -0.39 is 0 Å². The SMILES string of the molecule is CCCN(CCO)Cc1cc(CN)ccc1F. The largest absolute Gasteiger partial charge is 0.395 e. The average Bonchev–Trinajstić information content (AvgIpc) is 2.32. The Morgan fingerprint density at radius 1 is 1.35 bits per heavy atom. The Labute approximate surface area is 102 Å². The number of nitrogens with zero attached hydrogens (tertiary/aromatic N) is 1. The second-order valence-electron chi connectivity index (χ2n) is 4.13. The van der Waals surface area contributed by atoms with Crippen LogP contribution in [0, 0.1) is 5.82 Å². The highest BCUT2D eigenvalue weighted by molar-refractivity contribution is 5.25. The van der Waals surface area contributed by atoms with Crippen molar-refractivity contribution in [2.24, 2.45) is 5.73 Å². The number of aliphatic hydroxyl groups is 1. The summed E-state index contributed by atoms with van der Waals surface area (Å²) in [6.45, 7) is 4.53. The zero-order chi connectivity index (χ0) is 12.7. The molecule has 3 N–H and O–H groups in total. The van der Waals surface area contributed by atoms with Gasteiger partial charge >= 0.3 is 0 Å². The van der Waals surface area contributed by atoms with Crippen molar-refractivity contribution in [2.75, 3.05) is 19.7 Å². The normalized spacial score (nSPS) is 11.1. The summed E-state index contributed by atoms with van der Waals surface area (Å²) >= 11 is 0. The van der Waals surface area contributed by atoms with Crippen LogP contribution in [0.25, 0.3) is 0 Å². The number of halogens is 1. The summed E-state index contributed by atoms with van der Waals surface area (Å²) in [6, 6.07) is 4.96. The van der Waals surface area contributed by atoms with Crippen LogP contribution in [0.4, 0.5) is 4.39 Å². The molecule has 0 aliphatic heterocycles. The average molecular weight is 240 g/mol. The van der Waals surface area contributed by atoms with Gasteiger partial charge in [0.15, 0.2) is 0 Å². The van der Waals surface area contributed by atoms with Crippen molar-refractivity contribution < 1.29 is 9.50 Å². The van der Waals surface area contributed by atoms with E-state index in [1.807, 2.05) is 4.90 Å². The van der Waals surface area contributed by atoms with Crippen molar-refractivity contribution >= 4 is 0 Å². The third-order valence-electron chi connectivity index (χ3n) is 2.70. The van der Waals surface area contributed by atoms with Crippen LogP contribution in [0.1, 0.15) is 24.5 Å². The molecular formula is C13H21FN2O. The van der Waals surface area contributed by atoms with Crippen molar-refractivity contribution in [1.29, 1.82) is 0 Å². The van der Waals surface area contributed by atoms with E-state index in [1.165, 1.54) is 6.07 Å². The summed E-state index contributed by atoms with van der Waals surface area (Å²) in [5.41, 5.74) is 7.12. The lowest BCUT2D eigenvalue weighted by molar-refractivity contribution is 0.189. The Hall–Kier alpha value is -0.970. The predicted octanol–water partition coefficient (Wildman–Crippen LogP) is 1.49. The van der Waals surface area contributed by atoms with Crippen molar-refractivity contribution in [3.63, 3.8) is 0 Å². The molecule has 1 aromatic carbocycles. The van der Waals surface area contributed by atoms with Crippen molar-refractivity contribution in [3.8, 4) is 0 Å². The fourth-order valence-corrected chi connectivity index (χ4v) is 1.84. The standard InChI is InChI=1S/C13H21FN2O/c1-2-5-16(6-7-17)10-12-8-11(9-15)3-4-13(12)14/h3-4,8,17H,2,5-7,9-10,15H2,1H3. The zero-order valence-corrected chi connectivity index (χ0v) is 10.3. The molecule has 3 nitrogen and oxygen atoms in total. The molecule has 17 heavy (non-hydrogen) atoms. The Morgan fingerprint density at radius 2 is 2.12 bits per heavy atom. The number of nitrogens with two attached hydrogens (primary N) is 1. The van der Waals surface area contributed by atoms with Gasteiger partial charge in [-0.3, -0.25) is 4.90 Å². The van der Waals surface area contributed by atoms with Crippen molar-refractivity contribution in [3.05, 3.63) is 35.1 Å². The van der Waals surface area contributed by atoms with Gasteiger partial charge in [0.1, 0.15) is 5.82 Å². The molecule has 0 spiro atoms. The molecule has 0 saturated heterocycles. The molecule has 0 bridgehead atoms. The lowest BCUT2D eigenvalue weighted by Gasteiger charge is -2.21. The maximum atomic E-state index is 13.6. The molecule has 0 atom stereocenters. The third-order valence-corrected chi connectivity index (χ3v) is 2.70. The molecule has 0 aliphatic rings. The lowest BCUT2D eigenvalue weighted by atomic mass is 10.1. The minimum atomic E-state index is -0.207. The molecule has 0 saturated carbocycles.